The number of benzene rings is 2. The molecule has 2 aromatic carbocycles. The molecule has 7 nitrogen and oxygen atoms in total. The van der Waals surface area contributed by atoms with Crippen molar-refractivity contribution in [1.82, 2.24) is 9.13 Å². The minimum atomic E-state index is -0.993. The third kappa shape index (κ3) is 5.93. The Kier molecular flexibility index (Phi) is 8.89. The molecule has 0 spiro atoms. The number of nitrogens with zero attached hydrogens (tertiary/aromatic N) is 2. The number of aliphatic hydroxyl groups excluding tert-OH is 1. The van der Waals surface area contributed by atoms with Crippen molar-refractivity contribution in [3.63, 3.8) is 0 Å². The van der Waals surface area contributed by atoms with Crippen LogP contribution in [0.25, 0.3) is 20.7 Å². The maximum atomic E-state index is 14.6. The molecule has 0 bridgehead atoms. The van der Waals surface area contributed by atoms with Gasteiger partial charge in [0.05, 0.1) is 24.6 Å². The summed E-state index contributed by atoms with van der Waals surface area (Å²) >= 11 is 1.21. The van der Waals surface area contributed by atoms with Gasteiger partial charge in [-0.2, -0.15) is 0 Å². The number of halogens is 2. The number of hydrogen-bond acceptors (Lipinski definition) is 6. The highest BCUT2D eigenvalue weighted by molar-refractivity contribution is 7.22. The van der Waals surface area contributed by atoms with Gasteiger partial charge in [-0.15, -0.1) is 11.3 Å². The average molecular weight is 557 g/mol. The van der Waals surface area contributed by atoms with Crippen molar-refractivity contribution in [2.75, 3.05) is 13.7 Å². The van der Waals surface area contributed by atoms with E-state index in [1.165, 1.54) is 36.0 Å². The van der Waals surface area contributed by atoms with Gasteiger partial charge in [-0.05, 0) is 42.2 Å². The molecule has 1 unspecified atom stereocenters. The van der Waals surface area contributed by atoms with Crippen molar-refractivity contribution in [3.8, 4) is 10.4 Å². The van der Waals surface area contributed by atoms with Gasteiger partial charge in [-0.3, -0.25) is 18.7 Å². The average Bonchev–Trinajstić information content (AvgIpc) is 3.26. The van der Waals surface area contributed by atoms with Gasteiger partial charge in [0, 0.05) is 24.0 Å². The lowest BCUT2D eigenvalue weighted by atomic mass is 10.0. The second kappa shape index (κ2) is 12.1. The van der Waals surface area contributed by atoms with Crippen LogP contribution in [0.4, 0.5) is 8.78 Å². The van der Waals surface area contributed by atoms with Gasteiger partial charge in [0.2, 0.25) is 0 Å². The van der Waals surface area contributed by atoms with Crippen molar-refractivity contribution in [2.45, 2.75) is 52.3 Å². The molecule has 0 saturated heterocycles. The van der Waals surface area contributed by atoms with Crippen LogP contribution in [0.15, 0.2) is 52.1 Å². The second-order valence-electron chi connectivity index (χ2n) is 9.52. The molecule has 0 aliphatic rings. The summed E-state index contributed by atoms with van der Waals surface area (Å²) in [4.78, 5) is 40.2. The first-order chi connectivity index (χ1) is 18.7. The fourth-order valence-corrected chi connectivity index (χ4v) is 6.00. The summed E-state index contributed by atoms with van der Waals surface area (Å²) in [7, 11) is 1.47. The minimum absolute atomic E-state index is 0.0254. The van der Waals surface area contributed by atoms with E-state index >= 15 is 0 Å². The van der Waals surface area contributed by atoms with E-state index in [0.717, 1.165) is 38.3 Å². The Morgan fingerprint density at radius 2 is 1.72 bits per heavy atom. The van der Waals surface area contributed by atoms with E-state index in [4.69, 9.17) is 4.74 Å². The number of aryl methyl sites for hydroxylation is 1. The zero-order valence-electron chi connectivity index (χ0n) is 22.0. The zero-order chi connectivity index (χ0) is 28.3. The maximum absolute atomic E-state index is 14.6. The number of aliphatic hydroxyl groups is 1. The van der Waals surface area contributed by atoms with Gasteiger partial charge >= 0.3 is 5.69 Å². The Hall–Kier alpha value is -3.47. The van der Waals surface area contributed by atoms with E-state index in [1.54, 1.807) is 0 Å². The first kappa shape index (κ1) is 28.5. The van der Waals surface area contributed by atoms with E-state index in [-0.39, 0.29) is 30.9 Å². The summed E-state index contributed by atoms with van der Waals surface area (Å²) in [5.41, 5.74) is 0.742. The number of ketones is 1. The molecule has 0 fully saturated rings. The summed E-state index contributed by atoms with van der Waals surface area (Å²) in [5, 5.41) is 10.3. The molecule has 39 heavy (non-hydrogen) atoms. The van der Waals surface area contributed by atoms with E-state index in [1.807, 2.05) is 31.2 Å². The van der Waals surface area contributed by atoms with Gasteiger partial charge in [0.1, 0.15) is 23.1 Å². The zero-order valence-corrected chi connectivity index (χ0v) is 22.8. The number of hydrogen-bond donors (Lipinski definition) is 1. The maximum Gasteiger partial charge on any atom is 0.332 e. The van der Waals surface area contributed by atoms with Crippen LogP contribution < -0.4 is 11.2 Å². The predicted molar refractivity (Wildman–Crippen MR) is 148 cm³/mol. The Morgan fingerprint density at radius 3 is 2.31 bits per heavy atom. The van der Waals surface area contributed by atoms with Crippen molar-refractivity contribution in [2.24, 2.45) is 0 Å². The molecule has 4 aromatic rings. The third-order valence-electron chi connectivity index (χ3n) is 6.40. The molecule has 0 aliphatic heterocycles. The predicted octanol–water partition coefficient (Wildman–Crippen LogP) is 4.31. The number of fused-ring (bicyclic) bond motifs is 1. The minimum Gasteiger partial charge on any atom is -0.392 e. The Balaban J connectivity index is 1.95. The van der Waals surface area contributed by atoms with Crippen LogP contribution in [-0.2, 0) is 35.5 Å². The van der Waals surface area contributed by atoms with Gasteiger partial charge in [-0.1, -0.05) is 43.7 Å². The standard InChI is InChI=1S/C29H30F2N2O5S/c1-4-6-21-25-27(36)32(14-17(2)34)29(37)33(15-22-23(30)7-5-8-24(22)31)28(25)39-26(21)19-11-9-18(10-12-19)13-20(35)16-38-3/h5,7-12,17,34H,4,6,13-16H2,1-3H3. The van der Waals surface area contributed by atoms with Crippen molar-refractivity contribution >= 4 is 27.3 Å². The lowest BCUT2D eigenvalue weighted by molar-refractivity contribution is -0.121. The third-order valence-corrected chi connectivity index (χ3v) is 7.71. The van der Waals surface area contributed by atoms with E-state index < -0.39 is 35.5 Å². The topological polar surface area (TPSA) is 90.5 Å². The Labute approximate surface area is 227 Å². The molecule has 0 radical (unpaired) electrons. The number of carbonyl (C=O) groups excluding carboxylic acids is 1. The number of thiophene rings is 1. The summed E-state index contributed by atoms with van der Waals surface area (Å²) in [6, 6.07) is 10.9. The SMILES string of the molecule is CCCc1c(-c2ccc(CC(=O)COC)cc2)sc2c1c(=O)n(CC(C)O)c(=O)n2Cc1c(F)cccc1F. The Bertz CT molecular complexity index is 1600. The quantitative estimate of drug-likeness (QED) is 0.297. The molecule has 1 atom stereocenters. The molecular weight excluding hydrogens is 526 g/mol. The molecule has 10 heteroatoms. The van der Waals surface area contributed by atoms with E-state index in [2.05, 4.69) is 0 Å². The largest absolute Gasteiger partial charge is 0.392 e. The lowest BCUT2D eigenvalue weighted by Gasteiger charge is -2.14. The summed E-state index contributed by atoms with van der Waals surface area (Å²) in [5.74, 6) is -1.65. The van der Waals surface area contributed by atoms with Gasteiger partial charge < -0.3 is 9.84 Å². The van der Waals surface area contributed by atoms with E-state index in [9.17, 15) is 28.3 Å². The van der Waals surface area contributed by atoms with Gasteiger partial charge in [-0.25, -0.2) is 13.6 Å². The molecule has 2 aromatic heterocycles. The molecule has 1 N–H and O–H groups in total. The fourth-order valence-electron chi connectivity index (χ4n) is 4.66. The summed E-state index contributed by atoms with van der Waals surface area (Å²) in [6.45, 7) is 2.78. The highest BCUT2D eigenvalue weighted by Gasteiger charge is 2.24. The van der Waals surface area contributed by atoms with Crippen LogP contribution >= 0.6 is 11.3 Å². The normalized spacial score (nSPS) is 12.3. The molecule has 0 amide bonds. The molecule has 4 rings (SSSR count). The van der Waals surface area contributed by atoms with Crippen molar-refractivity contribution in [1.29, 1.82) is 0 Å². The van der Waals surface area contributed by atoms with Crippen molar-refractivity contribution in [3.05, 3.63) is 91.6 Å². The summed E-state index contributed by atoms with van der Waals surface area (Å²) < 4.78 is 36.3. The molecule has 0 aliphatic carbocycles. The summed E-state index contributed by atoms with van der Waals surface area (Å²) in [6.07, 6.45) is 0.464. The van der Waals surface area contributed by atoms with Gasteiger partial charge in [0.15, 0.2) is 5.78 Å². The van der Waals surface area contributed by atoms with E-state index in [0.29, 0.717) is 23.1 Å². The highest BCUT2D eigenvalue weighted by Crippen LogP contribution is 2.38. The lowest BCUT2D eigenvalue weighted by Crippen LogP contribution is -2.42. The first-order valence-corrected chi connectivity index (χ1v) is 13.5. The monoisotopic (exact) mass is 556 g/mol. The van der Waals surface area contributed by atoms with Crippen LogP contribution in [-0.4, -0.2) is 39.8 Å². The van der Waals surface area contributed by atoms with Gasteiger partial charge in [0.25, 0.3) is 5.56 Å². The highest BCUT2D eigenvalue weighted by atomic mass is 32.1. The smallest absolute Gasteiger partial charge is 0.332 e. The number of carbonyl (C=O) groups is 1. The van der Waals surface area contributed by atoms with Crippen molar-refractivity contribution < 1.29 is 23.4 Å². The molecule has 206 valence electrons. The number of ether oxygens (including phenoxy) is 1. The number of Topliss-reactive ketones (excluding diaryl/α,β-unsaturated/α-hetero) is 1. The molecular formula is C29H30F2N2O5S. The molecule has 0 saturated carbocycles. The van der Waals surface area contributed by atoms with Crippen LogP contribution in [0, 0.1) is 11.6 Å². The number of methoxy groups -OCH3 is 1. The second-order valence-corrected chi connectivity index (χ2v) is 10.5. The Morgan fingerprint density at radius 1 is 1.05 bits per heavy atom. The molecule has 2 heterocycles. The number of rotatable bonds is 11. The van der Waals surface area contributed by atoms with Crippen LogP contribution in [0.3, 0.4) is 0 Å². The van der Waals surface area contributed by atoms with Crippen LogP contribution in [0.1, 0.15) is 37.0 Å². The number of aromatic nitrogens is 2. The first-order valence-electron chi connectivity index (χ1n) is 12.7. The van der Waals surface area contributed by atoms with Crippen LogP contribution in [0.2, 0.25) is 0 Å². The fraction of sp³-hybridized carbons (Fsp3) is 0.345. The van der Waals surface area contributed by atoms with Crippen LogP contribution in [0.5, 0.6) is 0 Å².